The molecule has 2 amide bonds. The van der Waals surface area contributed by atoms with Gasteiger partial charge in [-0.3, -0.25) is 4.79 Å². The molecule has 0 fully saturated rings. The Morgan fingerprint density at radius 1 is 1.13 bits per heavy atom. The molecule has 2 atom stereocenters. The zero-order valence-corrected chi connectivity index (χ0v) is 22.9. The largest absolute Gasteiger partial charge is 0.444 e. The molecule has 1 aromatic carbocycles. The van der Waals surface area contributed by atoms with E-state index in [-0.39, 0.29) is 23.6 Å². The summed E-state index contributed by atoms with van der Waals surface area (Å²) in [7, 11) is 0. The second-order valence-corrected chi connectivity index (χ2v) is 10.7. The number of rotatable bonds is 9. The molecule has 3 aromatic rings. The first kappa shape index (κ1) is 28.9. The first-order valence-corrected chi connectivity index (χ1v) is 12.6. The topological polar surface area (TPSA) is 94.0 Å². The highest BCUT2D eigenvalue weighted by Gasteiger charge is 2.30. The van der Waals surface area contributed by atoms with Gasteiger partial charge in [0.1, 0.15) is 11.4 Å². The lowest BCUT2D eigenvalue weighted by atomic mass is 9.96. The van der Waals surface area contributed by atoms with Crippen LogP contribution in [0.15, 0.2) is 36.4 Å². The number of alkyl halides is 1. The lowest BCUT2D eigenvalue weighted by molar-refractivity contribution is 0.0453. The summed E-state index contributed by atoms with van der Waals surface area (Å²) in [6, 6.07) is 8.75. The molecule has 0 aliphatic heterocycles. The number of carbonyl (C=O) groups excluding carboxylic acids is 2. The molecule has 0 saturated heterocycles. The zero-order chi connectivity index (χ0) is 28.3. The fraction of sp³-hybridized carbons (Fsp3) is 0.464. The molecule has 10 heteroatoms. The number of hydrogen-bond acceptors (Lipinski definition) is 5. The number of halogens is 2. The molecule has 0 bridgehead atoms. The van der Waals surface area contributed by atoms with Gasteiger partial charge in [0.2, 0.25) is 5.88 Å². The number of carbonyl (C=O) groups is 2. The van der Waals surface area contributed by atoms with Crippen LogP contribution in [-0.2, 0) is 4.74 Å². The van der Waals surface area contributed by atoms with Crippen LogP contribution in [0.25, 0.3) is 5.52 Å². The number of fused-ring (bicyclic) bond motifs is 1. The van der Waals surface area contributed by atoms with Gasteiger partial charge in [0.15, 0.2) is 0 Å². The van der Waals surface area contributed by atoms with Crippen molar-refractivity contribution >= 4 is 17.5 Å². The van der Waals surface area contributed by atoms with Crippen molar-refractivity contribution in [1.82, 2.24) is 20.2 Å². The highest BCUT2D eigenvalue weighted by atomic mass is 19.2. The smallest absolute Gasteiger partial charge is 0.408 e. The number of hydrogen-bond donors (Lipinski definition) is 2. The number of pyridine rings is 1. The van der Waals surface area contributed by atoms with Crippen LogP contribution in [-0.4, -0.2) is 39.3 Å². The minimum Gasteiger partial charge on any atom is -0.444 e. The molecule has 206 valence electrons. The number of alkyl carbamates (subject to hydrolysis) is 1. The van der Waals surface area contributed by atoms with E-state index < -0.39 is 35.3 Å². The summed E-state index contributed by atoms with van der Waals surface area (Å²) in [5.41, 5.74) is 0.147. The lowest BCUT2D eigenvalue weighted by Crippen LogP contribution is -2.54. The fourth-order valence-electron chi connectivity index (χ4n) is 4.21. The maximum Gasteiger partial charge on any atom is 0.408 e. The SMILES string of the molecule is CCCC(C)(CNC(=O)c1c(C)nn2c(OC(F)c3ccccc3F)cc(C)cc12)NC(=O)OC(C)(C)C. The van der Waals surface area contributed by atoms with Crippen LogP contribution in [0, 0.1) is 19.7 Å². The fourth-order valence-corrected chi connectivity index (χ4v) is 4.21. The molecule has 2 N–H and O–H groups in total. The number of nitrogens with zero attached hydrogens (tertiary/aromatic N) is 2. The molecule has 0 aliphatic carbocycles. The molecule has 2 heterocycles. The van der Waals surface area contributed by atoms with Gasteiger partial charge < -0.3 is 20.1 Å². The molecular weight excluding hydrogens is 494 g/mol. The number of amides is 2. The maximum absolute atomic E-state index is 14.9. The molecule has 0 saturated carbocycles. The van der Waals surface area contributed by atoms with Gasteiger partial charge in [-0.2, -0.15) is 14.0 Å². The van der Waals surface area contributed by atoms with Crippen molar-refractivity contribution in [2.45, 2.75) is 78.8 Å². The third kappa shape index (κ3) is 6.99. The Labute approximate surface area is 221 Å². The van der Waals surface area contributed by atoms with Gasteiger partial charge in [-0.05, 0) is 71.7 Å². The average molecular weight is 531 g/mol. The van der Waals surface area contributed by atoms with Crippen molar-refractivity contribution in [3.05, 3.63) is 64.6 Å². The van der Waals surface area contributed by atoms with E-state index in [1.807, 2.05) is 13.8 Å². The molecule has 0 spiro atoms. The van der Waals surface area contributed by atoms with Crippen LogP contribution in [0.2, 0.25) is 0 Å². The van der Waals surface area contributed by atoms with Crippen LogP contribution in [0.5, 0.6) is 5.88 Å². The summed E-state index contributed by atoms with van der Waals surface area (Å²) in [4.78, 5) is 25.8. The van der Waals surface area contributed by atoms with E-state index in [1.54, 1.807) is 46.8 Å². The van der Waals surface area contributed by atoms with Crippen LogP contribution in [0.3, 0.4) is 0 Å². The van der Waals surface area contributed by atoms with Gasteiger partial charge in [0, 0.05) is 12.6 Å². The molecule has 2 aromatic heterocycles. The normalized spacial score (nSPS) is 14.0. The van der Waals surface area contributed by atoms with Crippen molar-refractivity contribution in [1.29, 1.82) is 0 Å². The van der Waals surface area contributed by atoms with Crippen LogP contribution < -0.4 is 15.4 Å². The Morgan fingerprint density at radius 3 is 2.45 bits per heavy atom. The molecule has 38 heavy (non-hydrogen) atoms. The zero-order valence-electron chi connectivity index (χ0n) is 22.9. The van der Waals surface area contributed by atoms with Gasteiger partial charge in [0.25, 0.3) is 12.3 Å². The minimum atomic E-state index is -2.07. The van der Waals surface area contributed by atoms with Crippen LogP contribution in [0.4, 0.5) is 13.6 Å². The maximum atomic E-state index is 14.9. The van der Waals surface area contributed by atoms with Gasteiger partial charge in [0.05, 0.1) is 27.9 Å². The van der Waals surface area contributed by atoms with Crippen molar-refractivity contribution < 1.29 is 27.8 Å². The summed E-state index contributed by atoms with van der Waals surface area (Å²) in [5, 5.41) is 10.2. The molecule has 0 radical (unpaired) electrons. The number of aromatic nitrogens is 2. The van der Waals surface area contributed by atoms with Gasteiger partial charge in [-0.25, -0.2) is 9.18 Å². The average Bonchev–Trinajstić information content (AvgIpc) is 3.12. The summed E-state index contributed by atoms with van der Waals surface area (Å²) < 4.78 is 41.2. The Bertz CT molecular complexity index is 1320. The van der Waals surface area contributed by atoms with Crippen LogP contribution >= 0.6 is 0 Å². The van der Waals surface area contributed by atoms with E-state index in [9.17, 15) is 18.4 Å². The van der Waals surface area contributed by atoms with Gasteiger partial charge in [-0.15, -0.1) is 0 Å². The summed E-state index contributed by atoms with van der Waals surface area (Å²) >= 11 is 0. The van der Waals surface area contributed by atoms with Crippen LogP contribution in [0.1, 0.15) is 81.0 Å². The second-order valence-electron chi connectivity index (χ2n) is 10.7. The quantitative estimate of drug-likeness (QED) is 0.357. The number of benzene rings is 1. The molecule has 3 rings (SSSR count). The number of ether oxygens (including phenoxy) is 2. The predicted octanol–water partition coefficient (Wildman–Crippen LogP) is 5.95. The molecular formula is C28H36F2N4O4. The molecule has 8 nitrogen and oxygen atoms in total. The molecule has 0 aliphatic rings. The third-order valence-corrected chi connectivity index (χ3v) is 5.87. The summed E-state index contributed by atoms with van der Waals surface area (Å²) in [6.07, 6.45) is -1.27. The predicted molar refractivity (Wildman–Crippen MR) is 141 cm³/mol. The Hall–Kier alpha value is -3.69. The summed E-state index contributed by atoms with van der Waals surface area (Å²) in [5.74, 6) is -1.11. The van der Waals surface area contributed by atoms with Gasteiger partial charge in [-0.1, -0.05) is 25.5 Å². The van der Waals surface area contributed by atoms with Gasteiger partial charge >= 0.3 is 6.09 Å². The number of nitrogens with one attached hydrogen (secondary N) is 2. The van der Waals surface area contributed by atoms with E-state index in [0.29, 0.717) is 23.2 Å². The minimum absolute atomic E-state index is 0.0281. The first-order chi connectivity index (χ1) is 17.7. The Kier molecular flexibility index (Phi) is 8.64. The highest BCUT2D eigenvalue weighted by molar-refractivity contribution is 6.02. The third-order valence-electron chi connectivity index (χ3n) is 5.87. The van der Waals surface area contributed by atoms with E-state index in [1.165, 1.54) is 22.7 Å². The Balaban J connectivity index is 1.85. The van der Waals surface area contributed by atoms with Crippen molar-refractivity contribution in [3.8, 4) is 5.88 Å². The summed E-state index contributed by atoms with van der Waals surface area (Å²) in [6.45, 7) is 12.7. The van der Waals surface area contributed by atoms with Crippen molar-refractivity contribution in [2.75, 3.05) is 6.54 Å². The molecule has 2 unspecified atom stereocenters. The lowest BCUT2D eigenvalue weighted by Gasteiger charge is -2.32. The second kappa shape index (κ2) is 11.4. The van der Waals surface area contributed by atoms with E-state index in [2.05, 4.69) is 15.7 Å². The standard InChI is InChI=1S/C28H36F2N4O4/c1-8-13-28(7,32-26(36)38-27(4,5)6)16-31-25(35)23-18(3)33-34-21(23)14-17(2)15-22(34)37-24(30)19-11-9-10-12-20(19)29/h9-12,14-15,24H,8,13,16H2,1-7H3,(H,31,35)(H,32,36). The van der Waals surface area contributed by atoms with Crippen molar-refractivity contribution in [3.63, 3.8) is 0 Å². The van der Waals surface area contributed by atoms with Crippen molar-refractivity contribution in [2.24, 2.45) is 0 Å². The van der Waals surface area contributed by atoms with E-state index in [4.69, 9.17) is 9.47 Å². The number of aryl methyl sites for hydroxylation is 2. The highest BCUT2D eigenvalue weighted by Crippen LogP contribution is 2.29. The van der Waals surface area contributed by atoms with E-state index >= 15 is 0 Å². The Morgan fingerprint density at radius 2 is 1.82 bits per heavy atom. The van der Waals surface area contributed by atoms with E-state index in [0.717, 1.165) is 12.5 Å². The first-order valence-electron chi connectivity index (χ1n) is 12.6. The monoisotopic (exact) mass is 530 g/mol.